The zero-order valence-electron chi connectivity index (χ0n) is 14.7. The summed E-state index contributed by atoms with van der Waals surface area (Å²) in [6.07, 6.45) is 8.01. The molecule has 2 fully saturated rings. The predicted octanol–water partition coefficient (Wildman–Crippen LogP) is 4.76. The van der Waals surface area contributed by atoms with Crippen LogP contribution in [-0.4, -0.2) is 28.3 Å². The fourth-order valence-electron chi connectivity index (χ4n) is 4.04. The average molecular weight is 346 g/mol. The number of rotatable bonds is 5. The molecule has 1 saturated carbocycles. The van der Waals surface area contributed by atoms with Crippen LogP contribution in [0.2, 0.25) is 0 Å². The first-order valence-corrected chi connectivity index (χ1v) is 10.1. The summed E-state index contributed by atoms with van der Waals surface area (Å²) in [5, 5.41) is 6.87. The van der Waals surface area contributed by atoms with Crippen LogP contribution >= 0.6 is 11.3 Å². The molecule has 0 amide bonds. The molecular formula is C19H27N3OS. The first-order valence-electron chi connectivity index (χ1n) is 9.21. The molecule has 0 aromatic carbocycles. The Morgan fingerprint density at radius 3 is 2.83 bits per heavy atom. The number of hydrogen-bond donors (Lipinski definition) is 1. The van der Waals surface area contributed by atoms with Gasteiger partial charge in [-0.05, 0) is 45.6 Å². The topological polar surface area (TPSA) is 39.1 Å². The lowest BCUT2D eigenvalue weighted by molar-refractivity contribution is 0.0962. The Labute approximate surface area is 148 Å². The Bertz CT molecular complexity index is 694. The van der Waals surface area contributed by atoms with E-state index in [1.807, 2.05) is 0 Å². The third kappa shape index (κ3) is 3.24. The molecule has 130 valence electrons. The van der Waals surface area contributed by atoms with Crippen molar-refractivity contribution in [2.24, 2.45) is 0 Å². The molecule has 1 saturated heterocycles. The molecule has 5 heteroatoms. The number of hydrogen-bond acceptors (Lipinski definition) is 4. The Balaban J connectivity index is 1.52. The zero-order valence-corrected chi connectivity index (χ0v) is 15.5. The fourth-order valence-corrected chi connectivity index (χ4v) is 4.83. The van der Waals surface area contributed by atoms with E-state index in [-0.39, 0.29) is 0 Å². The molecule has 1 N–H and O–H groups in total. The Morgan fingerprint density at radius 2 is 2.08 bits per heavy atom. The van der Waals surface area contributed by atoms with Gasteiger partial charge in [-0.3, -0.25) is 0 Å². The van der Waals surface area contributed by atoms with E-state index in [1.165, 1.54) is 55.5 Å². The summed E-state index contributed by atoms with van der Waals surface area (Å²) in [6, 6.07) is 2.90. The molecule has 1 atom stereocenters. The third-order valence-electron chi connectivity index (χ3n) is 5.45. The van der Waals surface area contributed by atoms with Gasteiger partial charge in [0.15, 0.2) is 5.13 Å². The number of thiazole rings is 1. The average Bonchev–Trinajstić information content (AvgIpc) is 3.33. The van der Waals surface area contributed by atoms with Gasteiger partial charge in [0, 0.05) is 41.5 Å². The number of nitrogens with zero attached hydrogens (tertiary/aromatic N) is 2. The molecule has 2 aliphatic rings. The standard InChI is InChI=1S/C19H27N3OS/c1-13-10-17(14(2)22(13)11-16-8-5-9-23-16)18-12-24-19(21-18)20-15-6-3-4-7-15/h10,12,15-16H,3-9,11H2,1-2H3,(H,20,21)/t16-/m0/s1. The second kappa shape index (κ2) is 6.89. The summed E-state index contributed by atoms with van der Waals surface area (Å²) < 4.78 is 8.21. The predicted molar refractivity (Wildman–Crippen MR) is 99.9 cm³/mol. The van der Waals surface area contributed by atoms with Crippen molar-refractivity contribution in [1.82, 2.24) is 9.55 Å². The molecular weight excluding hydrogens is 318 g/mol. The van der Waals surface area contributed by atoms with Crippen LogP contribution < -0.4 is 5.32 Å². The van der Waals surface area contributed by atoms with Crippen LogP contribution in [0.1, 0.15) is 49.9 Å². The number of anilines is 1. The second-order valence-corrected chi connectivity index (χ2v) is 8.05. The van der Waals surface area contributed by atoms with Gasteiger partial charge in [0.25, 0.3) is 0 Å². The van der Waals surface area contributed by atoms with E-state index < -0.39 is 0 Å². The van der Waals surface area contributed by atoms with E-state index in [9.17, 15) is 0 Å². The Morgan fingerprint density at radius 1 is 1.25 bits per heavy atom. The molecule has 2 aromatic rings. The van der Waals surface area contributed by atoms with E-state index in [0.29, 0.717) is 12.1 Å². The van der Waals surface area contributed by atoms with Crippen molar-refractivity contribution in [2.45, 2.75) is 71.1 Å². The molecule has 2 aromatic heterocycles. The monoisotopic (exact) mass is 345 g/mol. The van der Waals surface area contributed by atoms with Crippen molar-refractivity contribution in [3.8, 4) is 11.3 Å². The quantitative estimate of drug-likeness (QED) is 0.849. The first kappa shape index (κ1) is 16.2. The lowest BCUT2D eigenvalue weighted by Crippen LogP contribution is -2.16. The minimum atomic E-state index is 0.373. The van der Waals surface area contributed by atoms with Crippen LogP contribution in [-0.2, 0) is 11.3 Å². The summed E-state index contributed by atoms with van der Waals surface area (Å²) in [6.45, 7) is 6.28. The highest BCUT2D eigenvalue weighted by atomic mass is 32.1. The van der Waals surface area contributed by atoms with Crippen LogP contribution in [0.3, 0.4) is 0 Å². The van der Waals surface area contributed by atoms with Gasteiger partial charge in [-0.25, -0.2) is 4.98 Å². The molecule has 4 rings (SSSR count). The Kier molecular flexibility index (Phi) is 4.63. The molecule has 0 unspecified atom stereocenters. The van der Waals surface area contributed by atoms with E-state index in [4.69, 9.17) is 9.72 Å². The van der Waals surface area contributed by atoms with Crippen LogP contribution in [0.4, 0.5) is 5.13 Å². The summed E-state index contributed by atoms with van der Waals surface area (Å²) >= 11 is 1.73. The summed E-state index contributed by atoms with van der Waals surface area (Å²) in [5.41, 5.74) is 4.98. The molecule has 0 radical (unpaired) electrons. The highest BCUT2D eigenvalue weighted by molar-refractivity contribution is 7.14. The normalized spacial score (nSPS) is 21.7. The second-order valence-electron chi connectivity index (χ2n) is 7.19. The molecule has 1 aliphatic heterocycles. The molecule has 0 spiro atoms. The van der Waals surface area contributed by atoms with Gasteiger partial charge in [-0.2, -0.15) is 0 Å². The fraction of sp³-hybridized carbons (Fsp3) is 0.632. The van der Waals surface area contributed by atoms with Gasteiger partial charge in [0.05, 0.1) is 11.8 Å². The van der Waals surface area contributed by atoms with Crippen LogP contribution in [0, 0.1) is 13.8 Å². The van der Waals surface area contributed by atoms with Crippen molar-refractivity contribution in [1.29, 1.82) is 0 Å². The van der Waals surface area contributed by atoms with Crippen LogP contribution in [0.5, 0.6) is 0 Å². The lowest BCUT2D eigenvalue weighted by Gasteiger charge is -2.14. The maximum atomic E-state index is 5.82. The minimum Gasteiger partial charge on any atom is -0.376 e. The molecule has 24 heavy (non-hydrogen) atoms. The Hall–Kier alpha value is -1.33. The van der Waals surface area contributed by atoms with Crippen molar-refractivity contribution >= 4 is 16.5 Å². The molecule has 4 nitrogen and oxygen atoms in total. The maximum absolute atomic E-state index is 5.82. The first-order chi connectivity index (χ1) is 11.7. The van der Waals surface area contributed by atoms with Crippen LogP contribution in [0.15, 0.2) is 11.4 Å². The number of aromatic nitrogens is 2. The van der Waals surface area contributed by atoms with Gasteiger partial charge in [0.1, 0.15) is 0 Å². The van der Waals surface area contributed by atoms with Gasteiger partial charge in [-0.15, -0.1) is 11.3 Å². The highest BCUT2D eigenvalue weighted by Gasteiger charge is 2.21. The van der Waals surface area contributed by atoms with E-state index in [1.54, 1.807) is 11.3 Å². The summed E-state index contributed by atoms with van der Waals surface area (Å²) in [5.74, 6) is 0. The number of aryl methyl sites for hydroxylation is 1. The minimum absolute atomic E-state index is 0.373. The van der Waals surface area contributed by atoms with Crippen molar-refractivity contribution in [3.05, 3.63) is 22.8 Å². The maximum Gasteiger partial charge on any atom is 0.183 e. The zero-order chi connectivity index (χ0) is 16.5. The number of ether oxygens (including phenoxy) is 1. The lowest BCUT2D eigenvalue weighted by atomic mass is 10.2. The van der Waals surface area contributed by atoms with Crippen LogP contribution in [0.25, 0.3) is 11.3 Å². The molecule has 1 aliphatic carbocycles. The van der Waals surface area contributed by atoms with E-state index in [2.05, 4.69) is 35.2 Å². The third-order valence-corrected chi connectivity index (χ3v) is 6.22. The summed E-state index contributed by atoms with van der Waals surface area (Å²) in [7, 11) is 0. The largest absolute Gasteiger partial charge is 0.376 e. The molecule has 0 bridgehead atoms. The smallest absolute Gasteiger partial charge is 0.183 e. The van der Waals surface area contributed by atoms with Crippen molar-refractivity contribution < 1.29 is 4.74 Å². The SMILES string of the molecule is Cc1cc(-c2csc(NC3CCCC3)n2)c(C)n1C[C@@H]1CCCO1. The van der Waals surface area contributed by atoms with Gasteiger partial charge in [0.2, 0.25) is 0 Å². The van der Waals surface area contributed by atoms with Gasteiger partial charge < -0.3 is 14.6 Å². The van der Waals surface area contributed by atoms with Gasteiger partial charge in [-0.1, -0.05) is 12.8 Å². The molecule has 3 heterocycles. The summed E-state index contributed by atoms with van der Waals surface area (Å²) in [4.78, 5) is 4.85. The van der Waals surface area contributed by atoms with Crippen molar-refractivity contribution in [3.63, 3.8) is 0 Å². The van der Waals surface area contributed by atoms with Gasteiger partial charge >= 0.3 is 0 Å². The van der Waals surface area contributed by atoms with Crippen molar-refractivity contribution in [2.75, 3.05) is 11.9 Å². The van der Waals surface area contributed by atoms with E-state index >= 15 is 0 Å². The van der Waals surface area contributed by atoms with E-state index in [0.717, 1.165) is 24.0 Å². The number of nitrogens with one attached hydrogen (secondary N) is 1. The highest BCUT2D eigenvalue weighted by Crippen LogP contribution is 2.32.